The molecule has 4 aromatic rings. The lowest BCUT2D eigenvalue weighted by atomic mass is 10.1. The van der Waals surface area contributed by atoms with Crippen molar-refractivity contribution in [1.29, 1.82) is 0 Å². The van der Waals surface area contributed by atoms with Gasteiger partial charge in [-0.15, -0.1) is 0 Å². The number of para-hydroxylation sites is 1. The fraction of sp³-hybridized carbons (Fsp3) is 0.231. The van der Waals surface area contributed by atoms with Gasteiger partial charge in [-0.25, -0.2) is 0 Å². The van der Waals surface area contributed by atoms with E-state index in [1.807, 2.05) is 42.5 Å². The average Bonchev–Trinajstić information content (AvgIpc) is 3.07. The minimum Gasteiger partial charge on any atom is -0.487 e. The molecule has 0 saturated carbocycles. The first kappa shape index (κ1) is 20.8. The van der Waals surface area contributed by atoms with Crippen molar-refractivity contribution >= 4 is 0 Å². The second-order valence-electron chi connectivity index (χ2n) is 7.61. The van der Waals surface area contributed by atoms with Crippen LogP contribution in [0.25, 0.3) is 0 Å². The highest BCUT2D eigenvalue weighted by Crippen LogP contribution is 2.20. The van der Waals surface area contributed by atoms with Crippen LogP contribution in [0.15, 0.2) is 79.0 Å². The van der Waals surface area contributed by atoms with E-state index in [0.717, 1.165) is 42.3 Å². The summed E-state index contributed by atoms with van der Waals surface area (Å²) < 4.78 is 8.11. The molecule has 0 amide bonds. The number of nitrogens with one attached hydrogen (secondary N) is 1. The van der Waals surface area contributed by atoms with Gasteiger partial charge in [0.1, 0.15) is 12.4 Å². The summed E-state index contributed by atoms with van der Waals surface area (Å²) in [6, 6.07) is 24.4. The van der Waals surface area contributed by atoms with E-state index in [-0.39, 0.29) is 0 Å². The van der Waals surface area contributed by atoms with E-state index in [1.54, 1.807) is 6.20 Å². The maximum absolute atomic E-state index is 6.02. The third kappa shape index (κ3) is 5.38. The highest BCUT2D eigenvalue weighted by atomic mass is 16.5. The Labute approximate surface area is 183 Å². The van der Waals surface area contributed by atoms with Gasteiger partial charge in [0, 0.05) is 36.1 Å². The summed E-state index contributed by atoms with van der Waals surface area (Å²) in [5, 5.41) is 8.32. The SMILES string of the molecule is Cc1nn(Cc2ccccc2)c(C)c1CNCc1ccccc1OCc1ccccn1. The van der Waals surface area contributed by atoms with Gasteiger partial charge in [0.2, 0.25) is 0 Å². The molecule has 0 unspecified atom stereocenters. The predicted octanol–water partition coefficient (Wildman–Crippen LogP) is 4.81. The number of nitrogens with zero attached hydrogens (tertiary/aromatic N) is 3. The average molecular weight is 413 g/mol. The number of ether oxygens (including phenoxy) is 1. The number of rotatable bonds is 9. The minimum absolute atomic E-state index is 0.461. The van der Waals surface area contributed by atoms with Crippen LogP contribution in [0.4, 0.5) is 0 Å². The van der Waals surface area contributed by atoms with E-state index in [0.29, 0.717) is 6.61 Å². The Balaban J connectivity index is 1.37. The standard InChI is InChI=1S/C26H28N4O/c1-20-25(21(2)30(29-20)18-22-10-4-3-5-11-22)17-27-16-23-12-6-7-14-26(23)31-19-24-13-8-9-15-28-24/h3-15,27H,16-19H2,1-2H3. The Morgan fingerprint density at radius 3 is 2.45 bits per heavy atom. The summed E-state index contributed by atoms with van der Waals surface area (Å²) >= 11 is 0. The van der Waals surface area contributed by atoms with Crippen LogP contribution in [-0.2, 0) is 26.2 Å². The quantitative estimate of drug-likeness (QED) is 0.429. The first-order valence-electron chi connectivity index (χ1n) is 10.6. The van der Waals surface area contributed by atoms with Crippen LogP contribution < -0.4 is 10.1 Å². The molecule has 0 radical (unpaired) electrons. The molecule has 2 aromatic heterocycles. The Bertz CT molecular complexity index is 1110. The van der Waals surface area contributed by atoms with E-state index in [1.165, 1.54) is 16.8 Å². The van der Waals surface area contributed by atoms with E-state index in [2.05, 4.69) is 59.2 Å². The molecule has 5 nitrogen and oxygen atoms in total. The molecule has 0 fully saturated rings. The molecule has 31 heavy (non-hydrogen) atoms. The monoisotopic (exact) mass is 412 g/mol. The number of aromatic nitrogens is 3. The van der Waals surface area contributed by atoms with Crippen molar-refractivity contribution in [2.45, 2.75) is 40.1 Å². The molecule has 0 spiro atoms. The lowest BCUT2D eigenvalue weighted by Gasteiger charge is -2.12. The summed E-state index contributed by atoms with van der Waals surface area (Å²) in [4.78, 5) is 4.33. The van der Waals surface area contributed by atoms with Crippen molar-refractivity contribution < 1.29 is 4.74 Å². The number of hydrogen-bond donors (Lipinski definition) is 1. The van der Waals surface area contributed by atoms with E-state index >= 15 is 0 Å². The molecule has 1 N–H and O–H groups in total. The Morgan fingerprint density at radius 1 is 0.871 bits per heavy atom. The van der Waals surface area contributed by atoms with Crippen molar-refractivity contribution in [2.24, 2.45) is 0 Å². The molecule has 0 bridgehead atoms. The minimum atomic E-state index is 0.461. The van der Waals surface area contributed by atoms with Gasteiger partial charge in [-0.05, 0) is 37.6 Å². The smallest absolute Gasteiger partial charge is 0.130 e. The maximum atomic E-state index is 6.02. The number of pyridine rings is 1. The largest absolute Gasteiger partial charge is 0.487 e. The first-order chi connectivity index (χ1) is 15.2. The van der Waals surface area contributed by atoms with Gasteiger partial charge in [0.05, 0.1) is 17.9 Å². The molecule has 0 aliphatic carbocycles. The van der Waals surface area contributed by atoms with Gasteiger partial charge in [-0.3, -0.25) is 9.67 Å². The summed E-state index contributed by atoms with van der Waals surface area (Å²) in [6.07, 6.45) is 1.79. The molecule has 0 aliphatic heterocycles. The first-order valence-corrected chi connectivity index (χ1v) is 10.6. The highest BCUT2D eigenvalue weighted by molar-refractivity contribution is 5.33. The van der Waals surface area contributed by atoms with Crippen LogP contribution in [0.1, 0.15) is 33.8 Å². The molecule has 158 valence electrons. The summed E-state index contributed by atoms with van der Waals surface area (Å²) in [5.41, 5.74) is 6.83. The molecule has 2 heterocycles. The topological polar surface area (TPSA) is 52.0 Å². The normalized spacial score (nSPS) is 10.9. The number of hydrogen-bond acceptors (Lipinski definition) is 4. The van der Waals surface area contributed by atoms with E-state index in [4.69, 9.17) is 9.84 Å². The summed E-state index contributed by atoms with van der Waals surface area (Å²) in [6.45, 7) is 6.96. The highest BCUT2D eigenvalue weighted by Gasteiger charge is 2.12. The maximum Gasteiger partial charge on any atom is 0.130 e. The van der Waals surface area contributed by atoms with Gasteiger partial charge in [0.15, 0.2) is 0 Å². The predicted molar refractivity (Wildman–Crippen MR) is 123 cm³/mol. The molecule has 0 saturated heterocycles. The molecule has 0 atom stereocenters. The van der Waals surface area contributed by atoms with Gasteiger partial charge in [-0.1, -0.05) is 54.6 Å². The van der Waals surface area contributed by atoms with Gasteiger partial charge in [-0.2, -0.15) is 5.10 Å². The zero-order valence-electron chi connectivity index (χ0n) is 18.1. The van der Waals surface area contributed by atoms with Crippen molar-refractivity contribution in [1.82, 2.24) is 20.1 Å². The van der Waals surface area contributed by atoms with Crippen LogP contribution in [-0.4, -0.2) is 14.8 Å². The van der Waals surface area contributed by atoms with Gasteiger partial charge < -0.3 is 10.1 Å². The lowest BCUT2D eigenvalue weighted by Crippen LogP contribution is -2.15. The Hall–Kier alpha value is -3.44. The van der Waals surface area contributed by atoms with Crippen molar-refractivity contribution in [3.63, 3.8) is 0 Å². The van der Waals surface area contributed by atoms with Gasteiger partial charge >= 0.3 is 0 Å². The van der Waals surface area contributed by atoms with Crippen molar-refractivity contribution in [3.8, 4) is 5.75 Å². The summed E-state index contributed by atoms with van der Waals surface area (Å²) in [7, 11) is 0. The van der Waals surface area contributed by atoms with Crippen LogP contribution >= 0.6 is 0 Å². The summed E-state index contributed by atoms with van der Waals surface area (Å²) in [5.74, 6) is 0.883. The Kier molecular flexibility index (Phi) is 6.75. The molecular weight excluding hydrogens is 384 g/mol. The Morgan fingerprint density at radius 2 is 1.65 bits per heavy atom. The van der Waals surface area contributed by atoms with E-state index < -0.39 is 0 Å². The second kappa shape index (κ2) is 10.0. The molecule has 4 rings (SSSR count). The van der Waals surface area contributed by atoms with Crippen LogP contribution in [0.2, 0.25) is 0 Å². The van der Waals surface area contributed by atoms with Gasteiger partial charge in [0.25, 0.3) is 0 Å². The number of benzene rings is 2. The molecule has 2 aromatic carbocycles. The fourth-order valence-electron chi connectivity index (χ4n) is 3.65. The molecule has 5 heteroatoms. The third-order valence-electron chi connectivity index (χ3n) is 5.40. The zero-order valence-corrected chi connectivity index (χ0v) is 18.1. The van der Waals surface area contributed by atoms with Crippen LogP contribution in [0, 0.1) is 13.8 Å². The second-order valence-corrected chi connectivity index (χ2v) is 7.61. The third-order valence-corrected chi connectivity index (χ3v) is 5.40. The van der Waals surface area contributed by atoms with Crippen molar-refractivity contribution in [2.75, 3.05) is 0 Å². The van der Waals surface area contributed by atoms with Crippen LogP contribution in [0.3, 0.4) is 0 Å². The van der Waals surface area contributed by atoms with Crippen molar-refractivity contribution in [3.05, 3.63) is 113 Å². The van der Waals surface area contributed by atoms with Crippen LogP contribution in [0.5, 0.6) is 5.75 Å². The zero-order chi connectivity index (χ0) is 21.5. The fourth-order valence-corrected chi connectivity index (χ4v) is 3.65. The van der Waals surface area contributed by atoms with E-state index in [9.17, 15) is 0 Å². The molecular formula is C26H28N4O. The lowest BCUT2D eigenvalue weighted by molar-refractivity contribution is 0.297. The number of aryl methyl sites for hydroxylation is 1. The molecule has 0 aliphatic rings.